The lowest BCUT2D eigenvalue weighted by atomic mass is 10.1. The summed E-state index contributed by atoms with van der Waals surface area (Å²) in [6.07, 6.45) is 2.47. The van der Waals surface area contributed by atoms with Crippen LogP contribution in [0.15, 0.2) is 42.6 Å². The molecule has 0 radical (unpaired) electrons. The average Bonchev–Trinajstić information content (AvgIpc) is 3.06. The Morgan fingerprint density at radius 1 is 0.929 bits per heavy atom. The summed E-state index contributed by atoms with van der Waals surface area (Å²) < 4.78 is 2.02. The smallest absolute Gasteiger partial charge is 0.232 e. The number of carbonyl (C=O) groups excluding carboxylic acids is 1. The lowest BCUT2D eigenvalue weighted by Gasteiger charge is -2.35. The second-order valence-electron chi connectivity index (χ2n) is 7.08. The van der Waals surface area contributed by atoms with Gasteiger partial charge in [0.25, 0.3) is 0 Å². The molecule has 0 aliphatic carbocycles. The van der Waals surface area contributed by atoms with E-state index in [4.69, 9.17) is 11.6 Å². The second-order valence-corrected chi connectivity index (χ2v) is 7.52. The van der Waals surface area contributed by atoms with Crippen molar-refractivity contribution in [2.75, 3.05) is 36.0 Å². The third kappa shape index (κ3) is 3.01. The van der Waals surface area contributed by atoms with Crippen molar-refractivity contribution in [3.05, 3.63) is 59.0 Å². The van der Waals surface area contributed by atoms with Gasteiger partial charge in [-0.15, -0.1) is 10.2 Å². The number of benzene rings is 1. The summed E-state index contributed by atoms with van der Waals surface area (Å²) in [5.74, 6) is 2.59. The fourth-order valence-electron chi connectivity index (χ4n) is 3.91. The highest BCUT2D eigenvalue weighted by Crippen LogP contribution is 2.29. The monoisotopic (exact) mass is 394 g/mol. The van der Waals surface area contributed by atoms with Crippen molar-refractivity contribution >= 4 is 29.2 Å². The number of piperazine rings is 1. The average molecular weight is 395 g/mol. The highest BCUT2D eigenvalue weighted by Gasteiger charge is 2.28. The fraction of sp³-hybridized carbons (Fsp3) is 0.300. The molecular weight excluding hydrogens is 376 g/mol. The molecule has 0 saturated carbocycles. The van der Waals surface area contributed by atoms with Crippen molar-refractivity contribution in [1.29, 1.82) is 0 Å². The molecule has 0 amide bonds. The third-order valence-electron chi connectivity index (χ3n) is 5.27. The number of hydrogen-bond donors (Lipinski definition) is 0. The minimum absolute atomic E-state index is 0.126. The van der Waals surface area contributed by atoms with Crippen LogP contribution >= 0.6 is 11.6 Å². The standard InChI is InChI=1S/C20H19ClN6O/c21-15-4-5-17-14(11-15)12-16(28)13-19-23-24-20(27(17)19)26-9-7-25(8-10-26)18-3-1-2-6-22-18/h1-6,11H,7-10,12-13H2. The second kappa shape index (κ2) is 6.91. The molecule has 1 fully saturated rings. The molecule has 0 unspecified atom stereocenters. The highest BCUT2D eigenvalue weighted by molar-refractivity contribution is 6.30. The molecule has 2 aliphatic heterocycles. The van der Waals surface area contributed by atoms with Crippen LogP contribution in [0.1, 0.15) is 11.4 Å². The van der Waals surface area contributed by atoms with Crippen LogP contribution in [0.25, 0.3) is 5.69 Å². The van der Waals surface area contributed by atoms with E-state index >= 15 is 0 Å². The number of anilines is 2. The van der Waals surface area contributed by atoms with Crippen LogP contribution in [0.5, 0.6) is 0 Å². The molecule has 8 heteroatoms. The Balaban J connectivity index is 1.46. The number of nitrogens with zero attached hydrogens (tertiary/aromatic N) is 6. The Kier molecular flexibility index (Phi) is 4.24. The number of hydrogen-bond acceptors (Lipinski definition) is 6. The van der Waals surface area contributed by atoms with E-state index in [0.29, 0.717) is 17.3 Å². The number of Topliss-reactive ketones (excluding diaryl/α,β-unsaturated/α-hetero) is 1. The number of aromatic nitrogens is 4. The molecule has 2 aliphatic rings. The maximum Gasteiger partial charge on any atom is 0.232 e. The van der Waals surface area contributed by atoms with Gasteiger partial charge in [0.05, 0.1) is 12.1 Å². The van der Waals surface area contributed by atoms with Crippen LogP contribution in [-0.4, -0.2) is 51.7 Å². The van der Waals surface area contributed by atoms with E-state index in [1.165, 1.54) is 0 Å². The van der Waals surface area contributed by atoms with Gasteiger partial charge in [-0.05, 0) is 35.9 Å². The van der Waals surface area contributed by atoms with E-state index in [-0.39, 0.29) is 12.2 Å². The number of fused-ring (bicyclic) bond motifs is 3. The van der Waals surface area contributed by atoms with Crippen molar-refractivity contribution in [3.63, 3.8) is 0 Å². The van der Waals surface area contributed by atoms with Crippen molar-refractivity contribution in [2.24, 2.45) is 0 Å². The lowest BCUT2D eigenvalue weighted by Crippen LogP contribution is -2.47. The number of carbonyl (C=O) groups is 1. The van der Waals surface area contributed by atoms with Crippen molar-refractivity contribution in [1.82, 2.24) is 19.7 Å². The number of halogens is 1. The van der Waals surface area contributed by atoms with Crippen molar-refractivity contribution in [3.8, 4) is 5.69 Å². The van der Waals surface area contributed by atoms with Gasteiger partial charge in [0.2, 0.25) is 5.95 Å². The van der Waals surface area contributed by atoms with Gasteiger partial charge in [-0.1, -0.05) is 17.7 Å². The molecule has 1 saturated heterocycles. The maximum atomic E-state index is 12.4. The van der Waals surface area contributed by atoms with E-state index in [9.17, 15) is 4.79 Å². The molecule has 1 aromatic carbocycles. The van der Waals surface area contributed by atoms with Gasteiger partial charge in [0.15, 0.2) is 0 Å². The van der Waals surface area contributed by atoms with E-state index in [0.717, 1.165) is 49.2 Å². The summed E-state index contributed by atoms with van der Waals surface area (Å²) in [5.41, 5.74) is 1.86. The Morgan fingerprint density at radius 3 is 2.54 bits per heavy atom. The Labute approximate surface area is 167 Å². The number of ketones is 1. The van der Waals surface area contributed by atoms with Gasteiger partial charge >= 0.3 is 0 Å². The molecule has 0 atom stereocenters. The SMILES string of the molecule is O=C1Cc2cc(Cl)ccc2-n2c(nnc2N2CCN(c3ccccn3)CC2)C1. The Morgan fingerprint density at radius 2 is 1.75 bits per heavy atom. The summed E-state index contributed by atoms with van der Waals surface area (Å²) >= 11 is 6.17. The zero-order chi connectivity index (χ0) is 19.1. The maximum absolute atomic E-state index is 12.4. The lowest BCUT2D eigenvalue weighted by molar-refractivity contribution is -0.117. The van der Waals surface area contributed by atoms with Crippen LogP contribution in [0.4, 0.5) is 11.8 Å². The molecule has 4 heterocycles. The van der Waals surface area contributed by atoms with Gasteiger partial charge < -0.3 is 9.80 Å². The van der Waals surface area contributed by atoms with E-state index < -0.39 is 0 Å². The summed E-state index contributed by atoms with van der Waals surface area (Å²) in [6, 6.07) is 11.6. The van der Waals surface area contributed by atoms with Crippen molar-refractivity contribution in [2.45, 2.75) is 12.8 Å². The van der Waals surface area contributed by atoms with Crippen LogP contribution in [0, 0.1) is 0 Å². The van der Waals surface area contributed by atoms with Crippen molar-refractivity contribution < 1.29 is 4.79 Å². The summed E-state index contributed by atoms with van der Waals surface area (Å²) in [6.45, 7) is 3.33. The summed E-state index contributed by atoms with van der Waals surface area (Å²) in [7, 11) is 0. The first-order valence-electron chi connectivity index (χ1n) is 9.35. The van der Waals surface area contributed by atoms with Crippen LogP contribution in [0.2, 0.25) is 5.02 Å². The zero-order valence-corrected chi connectivity index (χ0v) is 16.0. The Hall–Kier alpha value is -2.93. The zero-order valence-electron chi connectivity index (χ0n) is 15.3. The van der Waals surface area contributed by atoms with E-state index in [2.05, 4.69) is 25.0 Å². The molecule has 28 heavy (non-hydrogen) atoms. The number of rotatable bonds is 2. The van der Waals surface area contributed by atoms with E-state index in [1.54, 1.807) is 0 Å². The number of pyridine rings is 1. The first-order valence-corrected chi connectivity index (χ1v) is 9.72. The van der Waals surface area contributed by atoms with Crippen LogP contribution in [-0.2, 0) is 17.6 Å². The first-order chi connectivity index (χ1) is 13.7. The normalized spacial score (nSPS) is 16.5. The molecule has 2 aromatic heterocycles. The highest BCUT2D eigenvalue weighted by atomic mass is 35.5. The summed E-state index contributed by atoms with van der Waals surface area (Å²) in [5, 5.41) is 9.40. The molecule has 142 valence electrons. The molecule has 7 nitrogen and oxygen atoms in total. The topological polar surface area (TPSA) is 67.2 Å². The molecular formula is C20H19ClN6O. The fourth-order valence-corrected chi connectivity index (χ4v) is 4.11. The minimum atomic E-state index is 0.126. The molecule has 5 rings (SSSR count). The van der Waals surface area contributed by atoms with Crippen LogP contribution in [0.3, 0.4) is 0 Å². The Bertz CT molecular complexity index is 1030. The minimum Gasteiger partial charge on any atom is -0.353 e. The van der Waals surface area contributed by atoms with Gasteiger partial charge in [-0.25, -0.2) is 4.98 Å². The third-order valence-corrected chi connectivity index (χ3v) is 5.51. The predicted molar refractivity (Wildman–Crippen MR) is 107 cm³/mol. The molecule has 3 aromatic rings. The largest absolute Gasteiger partial charge is 0.353 e. The molecule has 0 spiro atoms. The summed E-state index contributed by atoms with van der Waals surface area (Å²) in [4.78, 5) is 21.3. The quantitative estimate of drug-likeness (QED) is 0.664. The van der Waals surface area contributed by atoms with Gasteiger partial charge in [-0.3, -0.25) is 9.36 Å². The van der Waals surface area contributed by atoms with Gasteiger partial charge in [0, 0.05) is 43.8 Å². The van der Waals surface area contributed by atoms with Gasteiger partial charge in [0.1, 0.15) is 17.4 Å². The van der Waals surface area contributed by atoms with Gasteiger partial charge in [-0.2, -0.15) is 0 Å². The molecule has 0 N–H and O–H groups in total. The van der Waals surface area contributed by atoms with E-state index in [1.807, 2.05) is 47.2 Å². The molecule has 0 bridgehead atoms. The predicted octanol–water partition coefficient (Wildman–Crippen LogP) is 2.31. The first kappa shape index (κ1) is 17.2. The van der Waals surface area contributed by atoms with Crippen LogP contribution < -0.4 is 9.80 Å².